The number of likely N-dealkylation sites (tertiary alicyclic amines) is 1. The Morgan fingerprint density at radius 2 is 2.06 bits per heavy atom. The monoisotopic (exact) mass is 507 g/mol. The first-order valence-corrected chi connectivity index (χ1v) is 11.8. The normalized spacial score (nSPS) is 22.2. The maximum Gasteiger partial charge on any atom is 0.416 e. The van der Waals surface area contributed by atoms with Crippen LogP contribution in [-0.4, -0.2) is 50.3 Å². The fraction of sp³-hybridized carbons (Fsp3) is 0.304. The van der Waals surface area contributed by atoms with E-state index in [1.54, 1.807) is 6.20 Å². The lowest BCUT2D eigenvalue weighted by molar-refractivity contribution is -0.138. The van der Waals surface area contributed by atoms with E-state index in [0.29, 0.717) is 10.4 Å². The van der Waals surface area contributed by atoms with Crippen LogP contribution in [0.25, 0.3) is 17.0 Å². The van der Waals surface area contributed by atoms with E-state index >= 15 is 0 Å². The molecular weight excluding hydrogens is 487 g/mol. The van der Waals surface area contributed by atoms with Crippen molar-refractivity contribution < 1.29 is 18.3 Å². The fourth-order valence-electron chi connectivity index (χ4n) is 4.16. The Labute approximate surface area is 202 Å². The van der Waals surface area contributed by atoms with Crippen molar-refractivity contribution in [3.8, 4) is 0 Å². The molecule has 0 saturated carbocycles. The van der Waals surface area contributed by atoms with Crippen LogP contribution in [0.1, 0.15) is 23.1 Å². The molecule has 0 bridgehead atoms. The predicted molar refractivity (Wildman–Crippen MR) is 128 cm³/mol. The minimum Gasteiger partial charge on any atom is -0.367 e. The van der Waals surface area contributed by atoms with Gasteiger partial charge in [0.2, 0.25) is 0 Å². The van der Waals surface area contributed by atoms with Crippen molar-refractivity contribution in [2.45, 2.75) is 31.4 Å². The number of aliphatic hydroxyl groups excluding tert-OH is 1. The lowest BCUT2D eigenvalue weighted by Gasteiger charge is -2.15. The van der Waals surface area contributed by atoms with Crippen molar-refractivity contribution in [2.75, 3.05) is 13.1 Å². The number of aliphatic hydroxyl groups is 1. The zero-order valence-corrected chi connectivity index (χ0v) is 19.4. The van der Waals surface area contributed by atoms with Gasteiger partial charge in [0.15, 0.2) is 11.4 Å². The second-order valence-electron chi connectivity index (χ2n) is 8.35. The van der Waals surface area contributed by atoms with Crippen LogP contribution in [-0.2, 0) is 12.7 Å². The number of nitrogens with two attached hydrogens (primary N) is 1. The summed E-state index contributed by atoms with van der Waals surface area (Å²) in [5.74, 6) is 0. The largest absolute Gasteiger partial charge is 0.416 e. The van der Waals surface area contributed by atoms with Crippen LogP contribution in [0.15, 0.2) is 52.5 Å². The van der Waals surface area contributed by atoms with Gasteiger partial charge in [0.05, 0.1) is 23.8 Å². The van der Waals surface area contributed by atoms with Gasteiger partial charge in [-0.1, -0.05) is 35.5 Å². The van der Waals surface area contributed by atoms with Gasteiger partial charge in [-0.25, -0.2) is 4.99 Å². The quantitative estimate of drug-likeness (QED) is 0.543. The van der Waals surface area contributed by atoms with Gasteiger partial charge >= 0.3 is 6.18 Å². The summed E-state index contributed by atoms with van der Waals surface area (Å²) < 4.78 is 41.9. The van der Waals surface area contributed by atoms with Crippen molar-refractivity contribution >= 4 is 45.5 Å². The Bertz CT molecular complexity index is 1310. The third kappa shape index (κ3) is 4.68. The van der Waals surface area contributed by atoms with Gasteiger partial charge in [-0.3, -0.25) is 4.68 Å². The first-order chi connectivity index (χ1) is 16.2. The molecule has 1 saturated heterocycles. The smallest absolute Gasteiger partial charge is 0.367 e. The minimum atomic E-state index is -4.51. The van der Waals surface area contributed by atoms with Crippen molar-refractivity contribution in [3.05, 3.63) is 69.2 Å². The van der Waals surface area contributed by atoms with E-state index in [1.807, 2.05) is 24.3 Å². The first-order valence-electron chi connectivity index (χ1n) is 10.6. The third-order valence-corrected chi connectivity index (χ3v) is 7.21. The Hall–Kier alpha value is -2.53. The SMILES string of the molecule is N[C@@H]1CCN(C2=NC(O)/C(=C/c3ccc4c(cnn4Cc4ccc(Cl)cc4C(F)(F)F)c3)S2)C1. The molecule has 3 aromatic rings. The van der Waals surface area contributed by atoms with E-state index in [1.165, 1.54) is 28.6 Å². The van der Waals surface area contributed by atoms with Crippen molar-refractivity contribution in [1.82, 2.24) is 14.7 Å². The van der Waals surface area contributed by atoms with Crippen LogP contribution >= 0.6 is 23.4 Å². The molecule has 3 heterocycles. The van der Waals surface area contributed by atoms with E-state index in [-0.39, 0.29) is 23.2 Å². The summed E-state index contributed by atoms with van der Waals surface area (Å²) in [4.78, 5) is 7.14. The number of nitrogens with zero attached hydrogens (tertiary/aromatic N) is 4. The zero-order valence-electron chi connectivity index (χ0n) is 17.8. The summed E-state index contributed by atoms with van der Waals surface area (Å²) in [5.41, 5.74) is 6.83. The molecule has 2 aliphatic rings. The molecule has 5 rings (SSSR count). The molecule has 3 N–H and O–H groups in total. The standard InChI is InChI=1S/C23H21ClF3N5OS/c24-16-3-2-14(18(9-16)23(25,26)27)11-32-19-4-1-13(7-15(19)10-29-32)8-20-21(33)30-22(34-20)31-6-5-17(28)12-31/h1-4,7-10,17,21,33H,5-6,11-12,28H2/b20-8-/t17-,21?/m1/s1. The number of alkyl halides is 3. The first kappa shape index (κ1) is 23.2. The molecule has 0 aliphatic carbocycles. The summed E-state index contributed by atoms with van der Waals surface area (Å²) in [5, 5.41) is 16.3. The lowest BCUT2D eigenvalue weighted by Crippen LogP contribution is -2.29. The second kappa shape index (κ2) is 8.92. The van der Waals surface area contributed by atoms with Crippen LogP contribution in [0, 0.1) is 0 Å². The summed E-state index contributed by atoms with van der Waals surface area (Å²) in [7, 11) is 0. The molecule has 34 heavy (non-hydrogen) atoms. The number of rotatable bonds is 3. The molecule has 1 fully saturated rings. The summed E-state index contributed by atoms with van der Waals surface area (Å²) in [6.45, 7) is 1.50. The summed E-state index contributed by atoms with van der Waals surface area (Å²) in [6, 6.07) is 9.41. The highest BCUT2D eigenvalue weighted by Gasteiger charge is 2.34. The molecule has 1 aromatic heterocycles. The number of halogens is 4. The predicted octanol–water partition coefficient (Wildman–Crippen LogP) is 4.55. The molecule has 1 unspecified atom stereocenters. The van der Waals surface area contributed by atoms with Crippen molar-refractivity contribution in [3.63, 3.8) is 0 Å². The molecule has 2 aliphatic heterocycles. The van der Waals surface area contributed by atoms with Crippen LogP contribution in [0.5, 0.6) is 0 Å². The van der Waals surface area contributed by atoms with Crippen molar-refractivity contribution in [1.29, 1.82) is 0 Å². The van der Waals surface area contributed by atoms with Crippen LogP contribution in [0.3, 0.4) is 0 Å². The molecule has 0 amide bonds. The summed E-state index contributed by atoms with van der Waals surface area (Å²) in [6.07, 6.45) is -1.06. The number of thioether (sulfide) groups is 1. The average Bonchev–Trinajstić information content (AvgIpc) is 3.48. The van der Waals surface area contributed by atoms with Crippen LogP contribution in [0.2, 0.25) is 5.02 Å². The highest BCUT2D eigenvalue weighted by molar-refractivity contribution is 8.17. The number of amidine groups is 1. The van der Waals surface area contributed by atoms with Gasteiger partial charge in [-0.2, -0.15) is 18.3 Å². The van der Waals surface area contributed by atoms with Gasteiger partial charge in [0, 0.05) is 34.4 Å². The Morgan fingerprint density at radius 3 is 2.79 bits per heavy atom. The number of aliphatic imine (C=N–C) groups is 1. The van der Waals surface area contributed by atoms with Crippen molar-refractivity contribution in [2.24, 2.45) is 10.7 Å². The number of hydrogen-bond donors (Lipinski definition) is 2. The van der Waals surface area contributed by atoms with Crippen LogP contribution in [0.4, 0.5) is 13.2 Å². The van der Waals surface area contributed by atoms with E-state index < -0.39 is 18.0 Å². The lowest BCUT2D eigenvalue weighted by atomic mass is 10.1. The molecule has 6 nitrogen and oxygen atoms in total. The maximum absolute atomic E-state index is 13.5. The van der Waals surface area contributed by atoms with Gasteiger partial charge in [0.1, 0.15) is 0 Å². The topological polar surface area (TPSA) is 79.7 Å². The molecular formula is C23H21ClF3N5OS. The Kier molecular flexibility index (Phi) is 6.09. The zero-order chi connectivity index (χ0) is 24.0. The highest BCUT2D eigenvalue weighted by atomic mass is 35.5. The third-order valence-electron chi connectivity index (χ3n) is 5.86. The molecule has 11 heteroatoms. The van der Waals surface area contributed by atoms with Crippen LogP contribution < -0.4 is 5.73 Å². The van der Waals surface area contributed by atoms with Gasteiger partial charge < -0.3 is 15.7 Å². The molecule has 2 aromatic carbocycles. The number of benzene rings is 2. The number of hydrogen-bond acceptors (Lipinski definition) is 6. The fourth-order valence-corrected chi connectivity index (χ4v) is 5.34. The Balaban J connectivity index is 1.37. The average molecular weight is 508 g/mol. The van der Waals surface area contributed by atoms with E-state index in [9.17, 15) is 18.3 Å². The summed E-state index contributed by atoms with van der Waals surface area (Å²) >= 11 is 7.21. The number of aromatic nitrogens is 2. The van der Waals surface area contributed by atoms with Gasteiger partial charge in [-0.15, -0.1) is 0 Å². The Morgan fingerprint density at radius 1 is 1.24 bits per heavy atom. The van der Waals surface area contributed by atoms with E-state index in [2.05, 4.69) is 15.0 Å². The molecule has 0 spiro atoms. The number of fused-ring (bicyclic) bond motifs is 1. The van der Waals surface area contributed by atoms with Gasteiger partial charge in [0.25, 0.3) is 0 Å². The molecule has 178 valence electrons. The highest BCUT2D eigenvalue weighted by Crippen LogP contribution is 2.36. The maximum atomic E-state index is 13.5. The van der Waals surface area contributed by atoms with E-state index in [4.69, 9.17) is 17.3 Å². The molecule has 2 atom stereocenters. The van der Waals surface area contributed by atoms with E-state index in [0.717, 1.165) is 41.7 Å². The minimum absolute atomic E-state index is 0.0331. The molecule has 0 radical (unpaired) electrons. The second-order valence-corrected chi connectivity index (χ2v) is 9.83. The van der Waals surface area contributed by atoms with Gasteiger partial charge in [-0.05, 0) is 47.9 Å².